The molecule has 0 saturated carbocycles. The molecule has 3 atom stereocenters. The Morgan fingerprint density at radius 2 is 2.07 bits per heavy atom. The average Bonchev–Trinajstić information content (AvgIpc) is 2.17. The highest BCUT2D eigenvalue weighted by atomic mass is 16.3. The lowest BCUT2D eigenvalue weighted by atomic mass is 9.91. The minimum absolute atomic E-state index is 0.217. The van der Waals surface area contributed by atoms with E-state index < -0.39 is 30.3 Å². The van der Waals surface area contributed by atoms with E-state index in [1.54, 1.807) is 0 Å². The molecule has 0 fully saturated rings. The summed E-state index contributed by atoms with van der Waals surface area (Å²) >= 11 is 0. The van der Waals surface area contributed by atoms with Gasteiger partial charge < -0.3 is 25.0 Å². The number of aliphatic hydroxyl groups is 3. The molecule has 0 aromatic carbocycles. The molecule has 0 aliphatic rings. The van der Waals surface area contributed by atoms with Crippen LogP contribution in [0.4, 0.5) is 0 Å². The van der Waals surface area contributed by atoms with Gasteiger partial charge in [0, 0.05) is 14.0 Å². The molecule has 0 bridgehead atoms. The van der Waals surface area contributed by atoms with Crippen molar-refractivity contribution in [2.24, 2.45) is 0 Å². The van der Waals surface area contributed by atoms with Crippen LogP contribution < -0.4 is 0 Å². The van der Waals surface area contributed by atoms with Gasteiger partial charge in [0.2, 0.25) is 5.91 Å². The van der Waals surface area contributed by atoms with Crippen molar-refractivity contribution in [2.75, 3.05) is 13.7 Å². The fourth-order valence-corrected chi connectivity index (χ4v) is 1.38. The largest absolute Gasteiger partial charge is 0.393 e. The van der Waals surface area contributed by atoms with Crippen molar-refractivity contribution in [3.8, 4) is 0 Å². The van der Waals surface area contributed by atoms with Crippen LogP contribution in [0.1, 0.15) is 13.8 Å². The third-order valence-corrected chi connectivity index (χ3v) is 2.33. The van der Waals surface area contributed by atoms with E-state index in [4.69, 9.17) is 5.11 Å². The molecule has 0 aromatic heterocycles. The number of aliphatic hydroxyl groups excluding tert-OH is 2. The molecule has 88 valence electrons. The van der Waals surface area contributed by atoms with Crippen molar-refractivity contribution in [3.63, 3.8) is 0 Å². The molecule has 0 unspecified atom stereocenters. The first-order chi connectivity index (χ1) is 6.77. The molecule has 0 aliphatic heterocycles. The van der Waals surface area contributed by atoms with Gasteiger partial charge in [0.1, 0.15) is 11.7 Å². The number of carbonyl (C=O) groups excluding carboxylic acids is 2. The first-order valence-corrected chi connectivity index (χ1v) is 4.48. The summed E-state index contributed by atoms with van der Waals surface area (Å²) in [5.41, 5.74) is -1.74. The fraction of sp³-hybridized carbons (Fsp3) is 0.778. The van der Waals surface area contributed by atoms with Crippen LogP contribution in [0.2, 0.25) is 0 Å². The van der Waals surface area contributed by atoms with Crippen molar-refractivity contribution in [1.29, 1.82) is 0 Å². The van der Waals surface area contributed by atoms with Crippen molar-refractivity contribution in [1.82, 2.24) is 4.90 Å². The number of likely N-dealkylation sites (N-methyl/N-ethyl adjacent to an activating group) is 1. The summed E-state index contributed by atoms with van der Waals surface area (Å²) in [7, 11) is 1.34. The van der Waals surface area contributed by atoms with Crippen LogP contribution in [0.15, 0.2) is 0 Å². The van der Waals surface area contributed by atoms with Crippen molar-refractivity contribution >= 4 is 12.2 Å². The SMILES string of the molecule is CC(=O)N(C)[C@H]([C@@H](O)C=O)[C@@](C)(O)CO. The van der Waals surface area contributed by atoms with Gasteiger partial charge in [-0.25, -0.2) is 0 Å². The summed E-state index contributed by atoms with van der Waals surface area (Å²) in [6.45, 7) is 1.81. The normalized spacial score (nSPS) is 18.8. The number of amides is 1. The van der Waals surface area contributed by atoms with Crippen molar-refractivity contribution in [2.45, 2.75) is 31.6 Å². The number of hydrogen-bond acceptors (Lipinski definition) is 5. The van der Waals surface area contributed by atoms with Gasteiger partial charge in [-0.15, -0.1) is 0 Å². The Morgan fingerprint density at radius 1 is 1.60 bits per heavy atom. The van der Waals surface area contributed by atoms with Gasteiger partial charge >= 0.3 is 0 Å². The minimum atomic E-state index is -1.74. The second-order valence-electron chi connectivity index (χ2n) is 3.72. The van der Waals surface area contributed by atoms with Crippen LogP contribution in [0.25, 0.3) is 0 Å². The molecule has 0 aliphatic carbocycles. The molecule has 0 saturated heterocycles. The zero-order valence-electron chi connectivity index (χ0n) is 9.04. The van der Waals surface area contributed by atoms with E-state index in [0.29, 0.717) is 0 Å². The second kappa shape index (κ2) is 5.20. The van der Waals surface area contributed by atoms with Gasteiger partial charge in [-0.3, -0.25) is 4.79 Å². The highest BCUT2D eigenvalue weighted by Crippen LogP contribution is 2.17. The number of aldehydes is 1. The molecule has 1 amide bonds. The molecule has 3 N–H and O–H groups in total. The van der Waals surface area contributed by atoms with Crippen LogP contribution in [0.5, 0.6) is 0 Å². The molecule has 0 rings (SSSR count). The molecule has 0 spiro atoms. The molecule has 0 aromatic rings. The van der Waals surface area contributed by atoms with Gasteiger partial charge in [-0.2, -0.15) is 0 Å². The van der Waals surface area contributed by atoms with E-state index >= 15 is 0 Å². The quantitative estimate of drug-likeness (QED) is 0.471. The van der Waals surface area contributed by atoms with Crippen LogP contribution in [-0.4, -0.2) is 63.8 Å². The first-order valence-electron chi connectivity index (χ1n) is 4.48. The molecular formula is C9H17NO5. The zero-order valence-corrected chi connectivity index (χ0v) is 9.04. The van der Waals surface area contributed by atoms with Crippen molar-refractivity contribution < 1.29 is 24.9 Å². The van der Waals surface area contributed by atoms with Gasteiger partial charge in [-0.1, -0.05) is 0 Å². The fourth-order valence-electron chi connectivity index (χ4n) is 1.38. The molecular weight excluding hydrogens is 202 g/mol. The molecule has 6 nitrogen and oxygen atoms in total. The van der Waals surface area contributed by atoms with E-state index in [1.807, 2.05) is 0 Å². The van der Waals surface area contributed by atoms with Gasteiger partial charge in [0.25, 0.3) is 0 Å². The highest BCUT2D eigenvalue weighted by molar-refractivity contribution is 5.74. The van der Waals surface area contributed by atoms with E-state index in [-0.39, 0.29) is 6.29 Å². The first kappa shape index (κ1) is 14.0. The Morgan fingerprint density at radius 3 is 2.33 bits per heavy atom. The summed E-state index contributed by atoms with van der Waals surface area (Å²) < 4.78 is 0. The number of nitrogens with zero attached hydrogens (tertiary/aromatic N) is 1. The van der Waals surface area contributed by atoms with Crippen LogP contribution in [-0.2, 0) is 9.59 Å². The van der Waals surface area contributed by atoms with E-state index in [2.05, 4.69) is 0 Å². The third-order valence-electron chi connectivity index (χ3n) is 2.33. The smallest absolute Gasteiger partial charge is 0.219 e. The third kappa shape index (κ3) is 3.26. The predicted octanol–water partition coefficient (Wildman–Crippen LogP) is -1.86. The van der Waals surface area contributed by atoms with Crippen LogP contribution >= 0.6 is 0 Å². The lowest BCUT2D eigenvalue weighted by Crippen LogP contribution is -2.59. The molecule has 6 heteroatoms. The Labute approximate surface area is 88.1 Å². The van der Waals surface area contributed by atoms with Gasteiger partial charge in [0.15, 0.2) is 6.29 Å². The number of hydrogen-bond donors (Lipinski definition) is 3. The van der Waals surface area contributed by atoms with E-state index in [0.717, 1.165) is 4.90 Å². The maximum absolute atomic E-state index is 11.1. The molecule has 15 heavy (non-hydrogen) atoms. The topological polar surface area (TPSA) is 98.1 Å². The summed E-state index contributed by atoms with van der Waals surface area (Å²) in [5, 5.41) is 28.0. The van der Waals surface area contributed by atoms with Crippen molar-refractivity contribution in [3.05, 3.63) is 0 Å². The molecule has 0 heterocycles. The van der Waals surface area contributed by atoms with Crippen LogP contribution in [0.3, 0.4) is 0 Å². The summed E-state index contributed by atoms with van der Waals surface area (Å²) in [4.78, 5) is 22.6. The van der Waals surface area contributed by atoms with E-state index in [1.165, 1.54) is 20.9 Å². The monoisotopic (exact) mass is 219 g/mol. The van der Waals surface area contributed by atoms with E-state index in [9.17, 15) is 19.8 Å². The van der Waals surface area contributed by atoms with Crippen LogP contribution in [0, 0.1) is 0 Å². The number of rotatable bonds is 5. The minimum Gasteiger partial charge on any atom is -0.393 e. The Kier molecular flexibility index (Phi) is 4.86. The Balaban J connectivity index is 5.05. The predicted molar refractivity (Wildman–Crippen MR) is 52.0 cm³/mol. The summed E-state index contributed by atoms with van der Waals surface area (Å²) in [5.74, 6) is -0.422. The lowest BCUT2D eigenvalue weighted by Gasteiger charge is -2.38. The number of carbonyl (C=O) groups is 2. The molecule has 0 radical (unpaired) electrons. The van der Waals surface area contributed by atoms with Gasteiger partial charge in [-0.05, 0) is 6.92 Å². The average molecular weight is 219 g/mol. The maximum atomic E-state index is 11.1. The zero-order chi connectivity index (χ0) is 12.2. The lowest BCUT2D eigenvalue weighted by molar-refractivity contribution is -0.149. The second-order valence-corrected chi connectivity index (χ2v) is 3.72. The summed E-state index contributed by atoms with van der Waals surface area (Å²) in [6.07, 6.45) is -1.32. The maximum Gasteiger partial charge on any atom is 0.219 e. The van der Waals surface area contributed by atoms with Gasteiger partial charge in [0.05, 0.1) is 12.6 Å². The summed E-state index contributed by atoms with van der Waals surface area (Å²) in [6, 6.07) is -1.17. The Bertz CT molecular complexity index is 241. The highest BCUT2D eigenvalue weighted by Gasteiger charge is 2.40. The Hall–Kier alpha value is -0.980. The standard InChI is InChI=1S/C9H17NO5/c1-6(13)10(3)8(7(14)4-11)9(2,15)5-12/h4,7-8,12,14-15H,5H2,1-3H3/t7-,8+,9-/m0/s1.